The second kappa shape index (κ2) is 11.2. The summed E-state index contributed by atoms with van der Waals surface area (Å²) in [5.74, 6) is -70.5. The Balaban J connectivity index is 2.82. The molecule has 2 aromatic carbocycles. The molecule has 0 nitrogen and oxygen atoms in total. The topological polar surface area (TPSA) is 0 Å². The third-order valence-corrected chi connectivity index (χ3v) is 8.83. The van der Waals surface area contributed by atoms with E-state index in [-0.39, 0.29) is 11.1 Å². The molecule has 0 spiro atoms. The molecular weight excluding hydrogens is 718 g/mol. The first-order valence-electron chi connectivity index (χ1n) is 11.5. The molecule has 0 aliphatic rings. The molecule has 2 rings (SSSR count). The van der Waals surface area contributed by atoms with Gasteiger partial charge in [-0.25, -0.2) is 0 Å². The van der Waals surface area contributed by atoms with E-state index in [0.717, 1.165) is 24.3 Å². The van der Waals surface area contributed by atoms with Crippen LogP contribution >= 0.6 is 7.92 Å². The average Bonchev–Trinajstić information content (AvgIpc) is 2.89. The zero-order chi connectivity index (χ0) is 36.5. The van der Waals surface area contributed by atoms with Gasteiger partial charge in [0.25, 0.3) is 0 Å². The number of alkyl halides is 21. The van der Waals surface area contributed by atoms with Crippen LogP contribution in [-0.2, 0) is 0 Å². The number of aryl methyl sites for hydroxylation is 2. The van der Waals surface area contributed by atoms with Crippen molar-refractivity contribution < 1.29 is 92.2 Å². The maximum absolute atomic E-state index is 15.4. The highest BCUT2D eigenvalue weighted by atomic mass is 31.1. The molecule has 0 fully saturated rings. The molecule has 0 amide bonds. The lowest BCUT2D eigenvalue weighted by atomic mass is 9.87. The first-order chi connectivity index (χ1) is 20.1. The predicted molar refractivity (Wildman–Crippen MR) is 119 cm³/mol. The van der Waals surface area contributed by atoms with E-state index in [1.165, 1.54) is 13.8 Å². The van der Waals surface area contributed by atoms with Crippen LogP contribution in [0.1, 0.15) is 11.1 Å². The van der Waals surface area contributed by atoms with Gasteiger partial charge >= 0.3 is 59.2 Å². The minimum absolute atomic E-state index is 0.185. The molecule has 0 aromatic heterocycles. The summed E-state index contributed by atoms with van der Waals surface area (Å²) in [4.78, 5) is 0. The van der Waals surface area contributed by atoms with E-state index >= 15 is 8.78 Å². The second-order valence-corrected chi connectivity index (χ2v) is 11.9. The highest BCUT2D eigenvalue weighted by molar-refractivity contribution is 7.74. The van der Waals surface area contributed by atoms with Crippen molar-refractivity contribution in [2.24, 2.45) is 0 Å². The van der Waals surface area contributed by atoms with Crippen LogP contribution in [0.3, 0.4) is 0 Å². The van der Waals surface area contributed by atoms with Crippen molar-refractivity contribution in [1.82, 2.24) is 0 Å². The number of hydrogen-bond acceptors (Lipinski definition) is 0. The van der Waals surface area contributed by atoms with Crippen LogP contribution in [-0.4, -0.2) is 59.2 Å². The lowest BCUT2D eigenvalue weighted by Crippen LogP contribution is -2.76. The van der Waals surface area contributed by atoms with E-state index < -0.39 is 77.8 Å². The molecule has 22 heteroatoms. The predicted octanol–water partition coefficient (Wildman–Crippen LogP) is 9.97. The van der Waals surface area contributed by atoms with E-state index in [1.54, 1.807) is 0 Å². The SMILES string of the molecule is Cc1ccc(P(c2ccc(C)cc2)C(F)(F)C(F)(F)C(F)(F)C(F)(F)C(F)(F)C(F)(F)C(F)(F)C(F)(F)C(F)(F)C(F)(F)F)cc1. The van der Waals surface area contributed by atoms with Crippen molar-refractivity contribution in [3.05, 3.63) is 59.7 Å². The quantitative estimate of drug-likeness (QED) is 0.160. The molecule has 0 heterocycles. The normalized spacial score (nSPS) is 15.5. The number of halogens is 21. The van der Waals surface area contributed by atoms with Crippen LogP contribution in [0.2, 0.25) is 0 Å². The Morgan fingerprint density at radius 2 is 0.543 bits per heavy atom. The fourth-order valence-electron chi connectivity index (χ4n) is 3.55. The van der Waals surface area contributed by atoms with Gasteiger partial charge in [0, 0.05) is 7.92 Å². The van der Waals surface area contributed by atoms with Gasteiger partial charge in [-0.3, -0.25) is 0 Å². The van der Waals surface area contributed by atoms with E-state index in [0.29, 0.717) is 24.3 Å². The summed E-state index contributed by atoms with van der Waals surface area (Å²) in [7, 11) is -4.47. The van der Waals surface area contributed by atoms with Crippen LogP contribution in [0, 0.1) is 13.8 Å². The van der Waals surface area contributed by atoms with Gasteiger partial charge in [-0.2, -0.15) is 92.2 Å². The molecule has 0 bridgehead atoms. The van der Waals surface area contributed by atoms with E-state index in [1.807, 2.05) is 0 Å². The van der Waals surface area contributed by atoms with Crippen LogP contribution in [0.25, 0.3) is 0 Å². The Labute approximate surface area is 244 Å². The molecule has 0 radical (unpaired) electrons. The lowest BCUT2D eigenvalue weighted by molar-refractivity contribution is -0.472. The third kappa shape index (κ3) is 5.35. The molecule has 0 atom stereocenters. The summed E-state index contributed by atoms with van der Waals surface area (Å²) in [5, 5.41) is -2.16. The van der Waals surface area contributed by atoms with Gasteiger partial charge in [0.2, 0.25) is 0 Å². The summed E-state index contributed by atoms with van der Waals surface area (Å²) < 4.78 is 292. The molecule has 2 aromatic rings. The minimum Gasteiger partial charge on any atom is -0.194 e. The Kier molecular flexibility index (Phi) is 9.67. The van der Waals surface area contributed by atoms with Crippen LogP contribution in [0.5, 0.6) is 0 Å². The highest BCUT2D eigenvalue weighted by Gasteiger charge is 2.98. The summed E-state index contributed by atoms with van der Waals surface area (Å²) in [6, 6.07) is 5.73. The summed E-state index contributed by atoms with van der Waals surface area (Å²) >= 11 is 0. The Hall–Kier alpha value is -2.60. The van der Waals surface area contributed by atoms with E-state index in [4.69, 9.17) is 0 Å². The molecule has 0 saturated heterocycles. The number of benzene rings is 2. The maximum atomic E-state index is 15.4. The average molecular weight is 732 g/mol. The smallest absolute Gasteiger partial charge is 0.194 e. The van der Waals surface area contributed by atoms with Gasteiger partial charge in [0.1, 0.15) is 0 Å². The Bertz CT molecular complexity index is 1330. The monoisotopic (exact) mass is 732 g/mol. The van der Waals surface area contributed by atoms with Gasteiger partial charge in [-0.05, 0) is 24.5 Å². The summed E-state index contributed by atoms with van der Waals surface area (Å²) in [6.45, 7) is 2.54. The zero-order valence-electron chi connectivity index (χ0n) is 22.0. The Morgan fingerprint density at radius 1 is 0.326 bits per heavy atom. The molecule has 0 N–H and O–H groups in total. The molecule has 0 aliphatic heterocycles. The van der Waals surface area contributed by atoms with Crippen molar-refractivity contribution in [3.8, 4) is 0 Å². The summed E-state index contributed by atoms with van der Waals surface area (Å²) in [5.41, 5.74) is -6.38. The second-order valence-electron chi connectivity index (χ2n) is 9.64. The number of hydrogen-bond donors (Lipinski definition) is 0. The molecule has 262 valence electrons. The van der Waals surface area contributed by atoms with Crippen molar-refractivity contribution >= 4 is 18.5 Å². The largest absolute Gasteiger partial charge is 0.460 e. The minimum atomic E-state index is -9.20. The Morgan fingerprint density at radius 3 is 0.783 bits per heavy atom. The van der Waals surface area contributed by atoms with Gasteiger partial charge in [0.15, 0.2) is 0 Å². The highest BCUT2D eigenvalue weighted by Crippen LogP contribution is 2.69. The molecule has 46 heavy (non-hydrogen) atoms. The van der Waals surface area contributed by atoms with Crippen molar-refractivity contribution in [1.29, 1.82) is 0 Å². The van der Waals surface area contributed by atoms with Crippen LogP contribution in [0.4, 0.5) is 92.2 Å². The number of rotatable bonds is 11. The first kappa shape index (κ1) is 39.6. The van der Waals surface area contributed by atoms with Gasteiger partial charge in [-0.15, -0.1) is 0 Å². The zero-order valence-corrected chi connectivity index (χ0v) is 22.9. The first-order valence-corrected chi connectivity index (χ1v) is 12.9. The summed E-state index contributed by atoms with van der Waals surface area (Å²) in [6.07, 6.45) is -8.02. The fraction of sp³-hybridized carbons (Fsp3) is 0.500. The van der Waals surface area contributed by atoms with Crippen LogP contribution < -0.4 is 10.6 Å². The van der Waals surface area contributed by atoms with E-state index in [9.17, 15) is 83.4 Å². The maximum Gasteiger partial charge on any atom is 0.460 e. The third-order valence-electron chi connectivity index (χ3n) is 6.36. The van der Waals surface area contributed by atoms with Crippen molar-refractivity contribution in [3.63, 3.8) is 0 Å². The van der Waals surface area contributed by atoms with E-state index in [2.05, 4.69) is 0 Å². The van der Waals surface area contributed by atoms with Crippen molar-refractivity contribution in [2.75, 3.05) is 0 Å². The molecule has 0 aliphatic carbocycles. The van der Waals surface area contributed by atoms with Crippen molar-refractivity contribution in [2.45, 2.75) is 73.1 Å². The van der Waals surface area contributed by atoms with Gasteiger partial charge in [0.05, 0.1) is 0 Å². The molecule has 0 unspecified atom stereocenters. The van der Waals surface area contributed by atoms with Gasteiger partial charge < -0.3 is 0 Å². The molecular formula is C24H14F21P. The van der Waals surface area contributed by atoms with Gasteiger partial charge in [-0.1, -0.05) is 59.7 Å². The lowest BCUT2D eigenvalue weighted by Gasteiger charge is -2.45. The fourth-order valence-corrected chi connectivity index (χ4v) is 5.81. The molecule has 0 saturated carbocycles. The standard InChI is InChI=1S/C24H14F21P/c1-11-3-7-13(8-4-11)46(14-9-5-12(2)6-10-14)24(44,45)22(39,40)20(35,36)18(31,32)16(27,28)15(25,26)17(29,30)19(33,34)21(37,38)23(41,42)43/h3-10H,1-2H3. The van der Waals surface area contributed by atoms with Crippen LogP contribution in [0.15, 0.2) is 48.5 Å².